The van der Waals surface area contributed by atoms with Gasteiger partial charge in [-0.05, 0) is 73.5 Å². The van der Waals surface area contributed by atoms with Crippen molar-refractivity contribution in [2.45, 2.75) is 57.4 Å². The van der Waals surface area contributed by atoms with E-state index >= 15 is 0 Å². The summed E-state index contributed by atoms with van der Waals surface area (Å²) in [6.07, 6.45) is 2.27. The number of fused-ring (bicyclic) bond motifs is 2. The highest BCUT2D eigenvalue weighted by atomic mass is 32.1. The number of phenolic OH excluding ortho intramolecular Hbond substituents is 1. The Morgan fingerprint density at radius 3 is 2.51 bits per heavy atom. The van der Waals surface area contributed by atoms with Gasteiger partial charge in [-0.3, -0.25) is 0 Å². The molecule has 3 heterocycles. The molecule has 8 nitrogen and oxygen atoms in total. The Morgan fingerprint density at radius 2 is 1.86 bits per heavy atom. The molecule has 0 radical (unpaired) electrons. The molecule has 4 aromatic rings. The van der Waals surface area contributed by atoms with Gasteiger partial charge in [-0.1, -0.05) is 25.6 Å². The number of H-pyrrole nitrogens is 1. The number of aromatic amines is 1. The molecule has 35 heavy (non-hydrogen) atoms. The average Bonchev–Trinajstić information content (AvgIpc) is 3.43. The molecular weight excluding hydrogens is 466 g/mol. The van der Waals surface area contributed by atoms with Gasteiger partial charge in [-0.2, -0.15) is 0 Å². The molecule has 2 atom stereocenters. The second-order valence-corrected chi connectivity index (χ2v) is 10.2. The fourth-order valence-electron chi connectivity index (χ4n) is 4.54. The molecule has 0 saturated carbocycles. The van der Waals surface area contributed by atoms with Crippen molar-refractivity contribution in [1.82, 2.24) is 15.6 Å². The SMILES string of the molecule is C.CC1(c2c[nH]c3cccc(O)c23)CC(O)(O)NC1(O)O.CNC(C)Cc1ccc2ccsc2c1. The van der Waals surface area contributed by atoms with Crippen molar-refractivity contribution in [1.29, 1.82) is 0 Å². The zero-order chi connectivity index (χ0) is 24.7. The lowest BCUT2D eigenvalue weighted by molar-refractivity contribution is -0.251. The highest BCUT2D eigenvalue weighted by molar-refractivity contribution is 7.17. The molecule has 2 unspecified atom stereocenters. The van der Waals surface area contributed by atoms with E-state index in [2.05, 4.69) is 46.9 Å². The van der Waals surface area contributed by atoms with E-state index in [0.29, 0.717) is 22.5 Å². The minimum absolute atomic E-state index is 0. The molecule has 0 amide bonds. The topological polar surface area (TPSA) is 141 Å². The van der Waals surface area contributed by atoms with Gasteiger partial charge in [0.25, 0.3) is 0 Å². The van der Waals surface area contributed by atoms with Crippen molar-refractivity contribution in [3.63, 3.8) is 0 Å². The van der Waals surface area contributed by atoms with Gasteiger partial charge in [0.2, 0.25) is 11.8 Å². The number of phenols is 1. The smallest absolute Gasteiger partial charge is 0.236 e. The molecule has 0 aliphatic carbocycles. The second kappa shape index (κ2) is 9.87. The largest absolute Gasteiger partial charge is 0.507 e. The molecule has 1 saturated heterocycles. The molecule has 2 aromatic heterocycles. The molecular formula is C26H35N3O5S. The molecule has 5 rings (SSSR count). The van der Waals surface area contributed by atoms with Crippen molar-refractivity contribution in [3.05, 3.63) is 65.2 Å². The number of rotatable bonds is 4. The van der Waals surface area contributed by atoms with Gasteiger partial charge >= 0.3 is 0 Å². The van der Waals surface area contributed by atoms with Gasteiger partial charge < -0.3 is 35.8 Å². The minimum Gasteiger partial charge on any atom is -0.507 e. The fraction of sp³-hybridized carbons (Fsp3) is 0.385. The molecule has 8 N–H and O–H groups in total. The fourth-order valence-corrected chi connectivity index (χ4v) is 5.40. The number of thiophene rings is 1. The number of hydrogen-bond acceptors (Lipinski definition) is 8. The molecule has 9 heteroatoms. The first-order valence-electron chi connectivity index (χ1n) is 11.1. The predicted molar refractivity (Wildman–Crippen MR) is 140 cm³/mol. The van der Waals surface area contributed by atoms with Crippen LogP contribution >= 0.6 is 11.3 Å². The van der Waals surface area contributed by atoms with Crippen molar-refractivity contribution in [2.24, 2.45) is 0 Å². The van der Waals surface area contributed by atoms with Crippen molar-refractivity contribution < 1.29 is 25.5 Å². The summed E-state index contributed by atoms with van der Waals surface area (Å²) < 4.78 is 1.39. The second-order valence-electron chi connectivity index (χ2n) is 9.21. The van der Waals surface area contributed by atoms with E-state index in [-0.39, 0.29) is 19.6 Å². The lowest BCUT2D eigenvalue weighted by Crippen LogP contribution is -2.56. The number of nitrogens with one attached hydrogen (secondary N) is 3. The molecule has 1 aliphatic rings. The zero-order valence-corrected chi connectivity index (χ0v) is 20.1. The zero-order valence-electron chi connectivity index (χ0n) is 19.3. The third kappa shape index (κ3) is 5.22. The number of hydrogen-bond donors (Lipinski definition) is 8. The first kappa shape index (κ1) is 27.1. The standard InChI is InChI=1S/C13H16N2O5.C12H15NS.CH4/c1-11(6-12(17,18)15-13(11,19)20)7-5-14-8-3-2-4-9(16)10(7)8;1-9(13-2)7-10-3-4-11-5-6-14-12(11)8-10;/h2-5,14-20H,6H2,1H3;3-6,8-9,13H,7H2,1-2H3;1H4. The lowest BCUT2D eigenvalue weighted by atomic mass is 9.77. The molecule has 0 bridgehead atoms. The average molecular weight is 502 g/mol. The van der Waals surface area contributed by atoms with Crippen LogP contribution in [0.15, 0.2) is 54.0 Å². The number of aromatic nitrogens is 1. The van der Waals surface area contributed by atoms with E-state index < -0.39 is 17.2 Å². The lowest BCUT2D eigenvalue weighted by Gasteiger charge is -2.33. The van der Waals surface area contributed by atoms with E-state index in [1.807, 2.05) is 23.7 Å². The third-order valence-corrected chi connectivity index (χ3v) is 7.46. The van der Waals surface area contributed by atoms with Gasteiger partial charge in [0, 0.05) is 34.3 Å². The summed E-state index contributed by atoms with van der Waals surface area (Å²) in [5, 5.41) is 58.6. The van der Waals surface area contributed by atoms with Gasteiger partial charge in [0.1, 0.15) is 5.75 Å². The number of aromatic hydroxyl groups is 1. The van der Waals surface area contributed by atoms with Crippen LogP contribution in [0.2, 0.25) is 0 Å². The monoisotopic (exact) mass is 501 g/mol. The highest BCUT2D eigenvalue weighted by Gasteiger charge is 2.61. The van der Waals surface area contributed by atoms with Gasteiger partial charge in [-0.15, -0.1) is 11.3 Å². The Hall–Kier alpha value is -2.50. The van der Waals surface area contributed by atoms with E-state index in [9.17, 15) is 25.5 Å². The van der Waals surface area contributed by atoms with Crippen LogP contribution in [0.3, 0.4) is 0 Å². The summed E-state index contributed by atoms with van der Waals surface area (Å²) in [7, 11) is 2.01. The van der Waals surface area contributed by atoms with E-state index in [4.69, 9.17) is 0 Å². The van der Waals surface area contributed by atoms with Crippen LogP contribution in [0.25, 0.3) is 21.0 Å². The summed E-state index contributed by atoms with van der Waals surface area (Å²) in [6.45, 7) is 3.68. The summed E-state index contributed by atoms with van der Waals surface area (Å²) in [5.74, 6) is -4.97. The van der Waals surface area contributed by atoms with Gasteiger partial charge in [0.05, 0.1) is 5.41 Å². The highest BCUT2D eigenvalue weighted by Crippen LogP contribution is 2.48. The normalized spacial score (nSPS) is 21.3. The van der Waals surface area contributed by atoms with Crippen LogP contribution in [0, 0.1) is 0 Å². The van der Waals surface area contributed by atoms with Crippen molar-refractivity contribution in [2.75, 3.05) is 7.05 Å². The van der Waals surface area contributed by atoms with Crippen LogP contribution in [-0.4, -0.2) is 55.4 Å². The summed E-state index contributed by atoms with van der Waals surface area (Å²) >= 11 is 1.82. The maximum Gasteiger partial charge on any atom is 0.236 e. The molecule has 1 fully saturated rings. The Balaban J connectivity index is 0.000000202. The predicted octanol–water partition coefficient (Wildman–Crippen LogP) is 3.09. The van der Waals surface area contributed by atoms with Crippen LogP contribution < -0.4 is 10.6 Å². The molecule has 2 aromatic carbocycles. The Labute approximate surface area is 208 Å². The van der Waals surface area contributed by atoms with Crippen LogP contribution in [0.4, 0.5) is 0 Å². The quantitative estimate of drug-likeness (QED) is 0.201. The third-order valence-electron chi connectivity index (χ3n) is 6.58. The minimum atomic E-state index is -2.53. The Morgan fingerprint density at radius 1 is 1.11 bits per heavy atom. The summed E-state index contributed by atoms with van der Waals surface area (Å²) in [4.78, 5) is 2.92. The van der Waals surface area contributed by atoms with Gasteiger partial charge in [0.15, 0.2) is 0 Å². The van der Waals surface area contributed by atoms with Gasteiger partial charge in [-0.25, -0.2) is 5.32 Å². The first-order valence-corrected chi connectivity index (χ1v) is 12.0. The van der Waals surface area contributed by atoms with E-state index in [1.165, 1.54) is 34.8 Å². The van der Waals surface area contributed by atoms with Crippen LogP contribution in [0.1, 0.15) is 38.8 Å². The Bertz CT molecular complexity index is 1300. The summed E-state index contributed by atoms with van der Waals surface area (Å²) in [6, 6.07) is 14.3. The number of aliphatic hydroxyl groups is 4. The maximum absolute atomic E-state index is 10.1. The summed E-state index contributed by atoms with van der Waals surface area (Å²) in [5.41, 5.74) is 0.994. The first-order chi connectivity index (χ1) is 16.0. The van der Waals surface area contributed by atoms with Crippen LogP contribution in [0.5, 0.6) is 5.75 Å². The molecule has 190 valence electrons. The number of benzene rings is 2. The van der Waals surface area contributed by atoms with Crippen molar-refractivity contribution in [3.8, 4) is 5.75 Å². The molecule has 1 aliphatic heterocycles. The maximum atomic E-state index is 10.1. The van der Waals surface area contributed by atoms with Crippen molar-refractivity contribution >= 4 is 32.3 Å². The van der Waals surface area contributed by atoms with E-state index in [0.717, 1.165) is 6.42 Å². The Kier molecular flexibility index (Phi) is 7.64. The van der Waals surface area contributed by atoms with Crippen LogP contribution in [-0.2, 0) is 11.8 Å². The molecule has 0 spiro atoms. The number of likely N-dealkylation sites (N-methyl/N-ethyl adjacent to an activating group) is 1. The van der Waals surface area contributed by atoms with E-state index in [1.54, 1.807) is 12.1 Å².